The Morgan fingerprint density at radius 1 is 0.157 bits per heavy atom. The Morgan fingerprint density at radius 3 is 0.700 bits per heavy atom. The van der Waals surface area contributed by atoms with Crippen LogP contribution in [0, 0.1) is 82.9 Å². The van der Waals surface area contributed by atoms with E-state index in [9.17, 15) is 0 Å². The minimum Gasteiger partial charge on any atom is -0.294 e. The lowest BCUT2D eigenvalue weighted by Crippen LogP contribution is -2.56. The monoisotopic (exact) mass is 961 g/mol. The van der Waals surface area contributed by atoms with E-state index in [-0.39, 0.29) is 0 Å². The van der Waals surface area contributed by atoms with E-state index in [1.807, 2.05) is 0 Å². The summed E-state index contributed by atoms with van der Waals surface area (Å²) < 4.78 is 0. The van der Waals surface area contributed by atoms with Gasteiger partial charge in [-0.3, -0.25) is 9.80 Å². The molecule has 12 fully saturated rings. The summed E-state index contributed by atoms with van der Waals surface area (Å²) in [6.07, 6.45) is 75.2. The van der Waals surface area contributed by atoms with Gasteiger partial charge in [0.15, 0.2) is 0 Å². The lowest BCUT2D eigenvalue weighted by molar-refractivity contribution is -0.141. The molecule has 12 saturated carbocycles. The van der Waals surface area contributed by atoms with E-state index in [0.29, 0.717) is 0 Å². The molecule has 0 aliphatic heterocycles. The number of nitrogens with zero attached hydrogens (tertiary/aromatic N) is 2. The van der Waals surface area contributed by atoms with Crippen molar-refractivity contribution in [2.75, 3.05) is 0 Å². The Balaban J connectivity index is 0.682. The summed E-state index contributed by atoms with van der Waals surface area (Å²) in [5.74, 6) is 15.4. The van der Waals surface area contributed by atoms with Crippen molar-refractivity contribution in [2.24, 2.45) is 82.9 Å². The zero-order valence-corrected chi connectivity index (χ0v) is 46.4. The van der Waals surface area contributed by atoms with Gasteiger partial charge < -0.3 is 0 Å². The average molecular weight is 962 g/mol. The van der Waals surface area contributed by atoms with E-state index >= 15 is 0 Å². The van der Waals surface area contributed by atoms with Gasteiger partial charge in [0.2, 0.25) is 0 Å². The molecule has 0 N–H and O–H groups in total. The van der Waals surface area contributed by atoms with Crippen molar-refractivity contribution < 1.29 is 0 Å². The van der Waals surface area contributed by atoms with Gasteiger partial charge in [0, 0.05) is 36.3 Å². The zero-order valence-electron chi connectivity index (χ0n) is 46.4. The van der Waals surface area contributed by atoms with Crippen molar-refractivity contribution in [2.45, 2.75) is 344 Å². The molecule has 8 atom stereocenters. The van der Waals surface area contributed by atoms with Gasteiger partial charge in [0.05, 0.1) is 0 Å². The van der Waals surface area contributed by atoms with Crippen LogP contribution in [0.1, 0.15) is 308 Å². The summed E-state index contributed by atoms with van der Waals surface area (Å²) in [6, 6.07) is 5.58. The van der Waals surface area contributed by atoms with Gasteiger partial charge in [-0.2, -0.15) is 0 Å². The Kier molecular flexibility index (Phi) is 17.8. The fraction of sp³-hybridized carbons (Fsp3) is 1.00. The highest BCUT2D eigenvalue weighted by Crippen LogP contribution is 2.65. The third-order valence-corrected chi connectivity index (χ3v) is 26.5. The Morgan fingerprint density at radius 2 is 0.386 bits per heavy atom. The van der Waals surface area contributed by atoms with Crippen LogP contribution in [-0.4, -0.2) is 46.1 Å². The SMILES string of the molecule is C1CCCC(N(C2CCCCC2)C2CCC(C3CCC(C4CC5CCCCC5C5C(C6CCC(C7CCC(N(C8CCCCCC8)C8CCCCC8)CC7)CC6)CC6CCCCC6C45)CC3)CC2)CC1. The smallest absolute Gasteiger partial charge is 0.0101 e. The van der Waals surface area contributed by atoms with E-state index in [4.69, 9.17) is 0 Å². The molecule has 12 aliphatic rings. The number of hydrogen-bond acceptors (Lipinski definition) is 2. The van der Waals surface area contributed by atoms with Crippen molar-refractivity contribution in [3.8, 4) is 0 Å². The van der Waals surface area contributed by atoms with Gasteiger partial charge >= 0.3 is 0 Å². The standard InChI is InChI=1S/C68H116N2/c1-2-8-22-57(21-7-1)69(59-25-11-5-12-26-59)61-43-39-51(40-44-61)49-31-35-53(36-32-49)65-47-55-19-15-18-30-64(55)68-66(48-56-20-16-17-29-63(56)67(65)68)54-37-33-50(34-38-54)52-41-45-62(46-42-52)70(60-27-13-6-14-28-60)58-23-9-3-4-10-24-58/h49-68H,1-48H2. The van der Waals surface area contributed by atoms with E-state index in [0.717, 1.165) is 119 Å². The maximum absolute atomic E-state index is 3.27. The molecule has 0 radical (unpaired) electrons. The molecule has 0 heterocycles. The molecule has 0 saturated heterocycles. The second-order valence-corrected chi connectivity index (χ2v) is 29.6. The summed E-state index contributed by atoms with van der Waals surface area (Å²) in [4.78, 5) is 6.54. The molecule has 2 heteroatoms. The maximum atomic E-state index is 3.27. The maximum Gasteiger partial charge on any atom is 0.0101 e. The first-order valence-electron chi connectivity index (χ1n) is 34.3. The van der Waals surface area contributed by atoms with Gasteiger partial charge in [-0.1, -0.05) is 128 Å². The summed E-state index contributed by atoms with van der Waals surface area (Å²) in [6.45, 7) is 0. The third-order valence-electron chi connectivity index (χ3n) is 26.5. The van der Waals surface area contributed by atoms with E-state index in [1.165, 1.54) is 141 Å². The number of fused-ring (bicyclic) bond motifs is 5. The lowest BCUT2D eigenvalue weighted by atomic mass is 9.42. The topological polar surface area (TPSA) is 6.48 Å². The van der Waals surface area contributed by atoms with Crippen molar-refractivity contribution in [3.63, 3.8) is 0 Å². The highest BCUT2D eigenvalue weighted by molar-refractivity contribution is 5.07. The van der Waals surface area contributed by atoms with Crippen LogP contribution >= 0.6 is 0 Å². The summed E-state index contributed by atoms with van der Waals surface area (Å²) in [7, 11) is 0. The fourth-order valence-electron chi connectivity index (χ4n) is 23.4. The first kappa shape index (κ1) is 50.7. The molecule has 0 spiro atoms. The van der Waals surface area contributed by atoms with Gasteiger partial charge in [0.1, 0.15) is 0 Å². The zero-order chi connectivity index (χ0) is 46.6. The minimum absolute atomic E-state index is 0.927. The lowest BCUT2D eigenvalue weighted by Gasteiger charge is -2.63. The molecular weight excluding hydrogens is 845 g/mol. The molecule has 0 aromatic carbocycles. The number of hydrogen-bond donors (Lipinski definition) is 0. The molecule has 12 rings (SSSR count). The van der Waals surface area contributed by atoms with Crippen LogP contribution in [0.4, 0.5) is 0 Å². The molecule has 70 heavy (non-hydrogen) atoms. The Bertz CT molecular complexity index is 1400. The second kappa shape index (κ2) is 24.5. The van der Waals surface area contributed by atoms with Crippen LogP contribution in [0.3, 0.4) is 0 Å². The third kappa shape index (κ3) is 11.3. The predicted octanol–water partition coefficient (Wildman–Crippen LogP) is 19.3. The van der Waals surface area contributed by atoms with E-state index < -0.39 is 0 Å². The van der Waals surface area contributed by atoms with Crippen LogP contribution in [0.5, 0.6) is 0 Å². The Labute approximate surface area is 435 Å². The molecule has 0 aromatic rings. The average Bonchev–Trinajstić information content (AvgIpc) is 3.88. The van der Waals surface area contributed by atoms with Gasteiger partial charge in [-0.25, -0.2) is 0 Å². The molecule has 398 valence electrons. The van der Waals surface area contributed by atoms with Gasteiger partial charge in [0.25, 0.3) is 0 Å². The normalized spacial score (nSPS) is 45.0. The first-order valence-corrected chi connectivity index (χ1v) is 34.3. The molecule has 8 unspecified atom stereocenters. The molecular formula is C68H116N2. The first-order chi connectivity index (χ1) is 34.7. The van der Waals surface area contributed by atoms with Crippen molar-refractivity contribution in [1.29, 1.82) is 0 Å². The summed E-state index contributed by atoms with van der Waals surface area (Å²) >= 11 is 0. The van der Waals surface area contributed by atoms with Crippen LogP contribution in [0.2, 0.25) is 0 Å². The summed E-state index contributed by atoms with van der Waals surface area (Å²) in [5, 5.41) is 0. The summed E-state index contributed by atoms with van der Waals surface area (Å²) in [5.41, 5.74) is 0. The quantitative estimate of drug-likeness (QED) is 0.201. The van der Waals surface area contributed by atoms with Crippen molar-refractivity contribution in [3.05, 3.63) is 0 Å². The Hall–Kier alpha value is -0.0800. The second-order valence-electron chi connectivity index (χ2n) is 29.6. The van der Waals surface area contributed by atoms with E-state index in [2.05, 4.69) is 9.80 Å². The fourth-order valence-corrected chi connectivity index (χ4v) is 23.4. The van der Waals surface area contributed by atoms with Gasteiger partial charge in [-0.05, 0) is 263 Å². The number of rotatable bonds is 10. The largest absolute Gasteiger partial charge is 0.294 e. The molecule has 0 aromatic heterocycles. The highest BCUT2D eigenvalue weighted by atomic mass is 15.2. The molecule has 0 bridgehead atoms. The van der Waals surface area contributed by atoms with Gasteiger partial charge in [-0.15, -0.1) is 0 Å². The van der Waals surface area contributed by atoms with Crippen molar-refractivity contribution in [1.82, 2.24) is 9.80 Å². The molecule has 0 amide bonds. The minimum atomic E-state index is 0.927. The van der Waals surface area contributed by atoms with Crippen LogP contribution in [0.25, 0.3) is 0 Å². The predicted molar refractivity (Wildman–Crippen MR) is 297 cm³/mol. The van der Waals surface area contributed by atoms with Crippen LogP contribution in [0.15, 0.2) is 0 Å². The van der Waals surface area contributed by atoms with Crippen LogP contribution in [-0.2, 0) is 0 Å². The van der Waals surface area contributed by atoms with Crippen molar-refractivity contribution >= 4 is 0 Å². The highest BCUT2D eigenvalue weighted by Gasteiger charge is 2.58. The molecule has 12 aliphatic carbocycles. The molecule has 2 nitrogen and oxygen atoms in total. The van der Waals surface area contributed by atoms with E-state index in [1.54, 1.807) is 167 Å². The van der Waals surface area contributed by atoms with Crippen LogP contribution < -0.4 is 0 Å².